The second-order valence-corrected chi connectivity index (χ2v) is 8.37. The summed E-state index contributed by atoms with van der Waals surface area (Å²) in [6.07, 6.45) is 3.32. The van der Waals surface area contributed by atoms with Crippen LogP contribution in [0.4, 0.5) is 10.2 Å². The first-order valence-corrected chi connectivity index (χ1v) is 10.4. The Morgan fingerprint density at radius 2 is 2.00 bits per heavy atom. The van der Waals surface area contributed by atoms with Crippen LogP contribution in [0.1, 0.15) is 59.1 Å². The molecule has 31 heavy (non-hydrogen) atoms. The zero-order valence-electron chi connectivity index (χ0n) is 17.7. The van der Waals surface area contributed by atoms with Crippen LogP contribution < -0.4 is 10.5 Å². The van der Waals surface area contributed by atoms with Crippen LogP contribution in [0.3, 0.4) is 0 Å². The fourth-order valence-corrected chi connectivity index (χ4v) is 4.23. The number of carbonyl (C=O) groups is 1. The molecule has 2 aliphatic rings. The summed E-state index contributed by atoms with van der Waals surface area (Å²) in [5.74, 6) is 0.416. The van der Waals surface area contributed by atoms with Crippen molar-refractivity contribution in [2.24, 2.45) is 7.05 Å². The summed E-state index contributed by atoms with van der Waals surface area (Å²) in [6.45, 7) is 2.13. The van der Waals surface area contributed by atoms with Gasteiger partial charge in [0, 0.05) is 48.5 Å². The second kappa shape index (κ2) is 7.08. The minimum atomic E-state index is -0.599. The number of hydrogen-bond acceptors (Lipinski definition) is 5. The predicted octanol–water partition coefficient (Wildman–Crippen LogP) is 3.81. The Hall–Kier alpha value is -3.42. The number of aryl methyl sites for hydroxylation is 1. The Balaban J connectivity index is 1.74. The number of halogens is 1. The fraction of sp³-hybridized carbons (Fsp3) is 0.348. The van der Waals surface area contributed by atoms with Crippen molar-refractivity contribution in [3.8, 4) is 16.9 Å². The number of nitrogens with two attached hydrogens (primary N) is 1. The molecule has 1 fully saturated rings. The first-order chi connectivity index (χ1) is 14.8. The number of aromatic nitrogens is 3. The molecule has 0 spiro atoms. The van der Waals surface area contributed by atoms with Gasteiger partial charge in [0.2, 0.25) is 0 Å². The molecule has 1 aliphatic carbocycles. The van der Waals surface area contributed by atoms with Gasteiger partial charge in [0.25, 0.3) is 5.91 Å². The number of carbonyl (C=O) groups excluding carboxylic acids is 1. The molecule has 1 aliphatic heterocycles. The molecule has 0 saturated heterocycles. The van der Waals surface area contributed by atoms with Gasteiger partial charge in [-0.15, -0.1) is 0 Å². The van der Waals surface area contributed by atoms with Crippen molar-refractivity contribution in [1.29, 1.82) is 0 Å². The molecule has 2 bridgehead atoms. The zero-order chi connectivity index (χ0) is 21.9. The van der Waals surface area contributed by atoms with E-state index in [1.165, 1.54) is 18.2 Å². The molecule has 1 saturated carbocycles. The van der Waals surface area contributed by atoms with Gasteiger partial charge in [-0.25, -0.2) is 9.37 Å². The SMILES string of the molecule is C[C@H]1Oc2cc(cnc2N)-c2c(C3CC3)nn(C)c2CN(C)C(=O)c2ccc(F)cc21. The van der Waals surface area contributed by atoms with Gasteiger partial charge in [0.05, 0.1) is 17.9 Å². The molecule has 3 aromatic rings. The Labute approximate surface area is 179 Å². The Morgan fingerprint density at radius 1 is 1.23 bits per heavy atom. The maximum Gasteiger partial charge on any atom is 0.254 e. The quantitative estimate of drug-likeness (QED) is 0.646. The van der Waals surface area contributed by atoms with E-state index < -0.39 is 11.9 Å². The highest BCUT2D eigenvalue weighted by molar-refractivity contribution is 5.95. The average molecular weight is 421 g/mol. The monoisotopic (exact) mass is 421 g/mol. The van der Waals surface area contributed by atoms with Crippen LogP contribution in [0.5, 0.6) is 5.75 Å². The van der Waals surface area contributed by atoms with Crippen molar-refractivity contribution in [3.63, 3.8) is 0 Å². The molecule has 1 atom stereocenters. The van der Waals surface area contributed by atoms with Crippen LogP contribution >= 0.6 is 0 Å². The Bertz CT molecular complexity index is 1200. The molecule has 3 heterocycles. The summed E-state index contributed by atoms with van der Waals surface area (Å²) in [4.78, 5) is 19.3. The molecule has 1 amide bonds. The highest BCUT2D eigenvalue weighted by Gasteiger charge is 2.33. The second-order valence-electron chi connectivity index (χ2n) is 8.37. The number of hydrogen-bond donors (Lipinski definition) is 1. The summed E-state index contributed by atoms with van der Waals surface area (Å²) in [5, 5.41) is 4.78. The molecule has 8 heteroatoms. The van der Waals surface area contributed by atoms with E-state index >= 15 is 0 Å². The number of nitrogen functional groups attached to an aromatic ring is 1. The van der Waals surface area contributed by atoms with Gasteiger partial charge in [0.1, 0.15) is 11.9 Å². The van der Waals surface area contributed by atoms with E-state index in [-0.39, 0.29) is 11.7 Å². The topological polar surface area (TPSA) is 86.3 Å². The predicted molar refractivity (Wildman–Crippen MR) is 114 cm³/mol. The lowest BCUT2D eigenvalue weighted by atomic mass is 9.99. The molecular formula is C23H24FN5O2. The third-order valence-corrected chi connectivity index (χ3v) is 6.05. The molecule has 1 aromatic carbocycles. The van der Waals surface area contributed by atoms with E-state index in [1.807, 2.05) is 17.8 Å². The molecule has 2 aromatic heterocycles. The molecular weight excluding hydrogens is 397 g/mol. The molecule has 0 unspecified atom stereocenters. The highest BCUT2D eigenvalue weighted by atomic mass is 19.1. The maximum absolute atomic E-state index is 14.1. The summed E-state index contributed by atoms with van der Waals surface area (Å²) in [7, 11) is 3.63. The first kappa shape index (κ1) is 19.5. The molecule has 160 valence electrons. The van der Waals surface area contributed by atoms with Gasteiger partial charge in [-0.05, 0) is 44.0 Å². The van der Waals surface area contributed by atoms with Crippen molar-refractivity contribution in [2.75, 3.05) is 12.8 Å². The standard InChI is InChI=1S/C23H24FN5O2/c1-12-17-9-15(24)6-7-16(17)23(30)28(2)11-18-20(21(13-4-5-13)27-29(18)3)14-8-19(31-12)22(25)26-10-14/h6-10,12-13H,4-5,11H2,1-3H3,(H2,25,26)/t12-/m1/s1. The van der Waals surface area contributed by atoms with Gasteiger partial charge >= 0.3 is 0 Å². The van der Waals surface area contributed by atoms with Crippen LogP contribution in [0.25, 0.3) is 11.1 Å². The molecule has 7 nitrogen and oxygen atoms in total. The largest absolute Gasteiger partial charge is 0.482 e. The molecule has 0 radical (unpaired) electrons. The van der Waals surface area contributed by atoms with Crippen LogP contribution in [-0.4, -0.2) is 32.6 Å². The van der Waals surface area contributed by atoms with E-state index in [1.54, 1.807) is 25.1 Å². The van der Waals surface area contributed by atoms with E-state index in [0.717, 1.165) is 35.4 Å². The van der Waals surface area contributed by atoms with Crippen molar-refractivity contribution < 1.29 is 13.9 Å². The van der Waals surface area contributed by atoms with Crippen molar-refractivity contribution in [1.82, 2.24) is 19.7 Å². The summed E-state index contributed by atoms with van der Waals surface area (Å²) in [5.41, 5.74) is 10.7. The minimum absolute atomic E-state index is 0.207. The third kappa shape index (κ3) is 3.32. The third-order valence-electron chi connectivity index (χ3n) is 6.05. The van der Waals surface area contributed by atoms with Crippen molar-refractivity contribution in [2.45, 2.75) is 38.3 Å². The average Bonchev–Trinajstić information content (AvgIpc) is 3.53. The number of rotatable bonds is 1. The molecule has 5 rings (SSSR count). The number of anilines is 1. The molecule has 2 N–H and O–H groups in total. The van der Waals surface area contributed by atoms with Crippen LogP contribution in [0.15, 0.2) is 30.5 Å². The van der Waals surface area contributed by atoms with E-state index in [2.05, 4.69) is 4.98 Å². The summed E-state index contributed by atoms with van der Waals surface area (Å²) in [6, 6.07) is 6.01. The number of pyridine rings is 1. The van der Waals surface area contributed by atoms with E-state index in [0.29, 0.717) is 29.3 Å². The first-order valence-electron chi connectivity index (χ1n) is 10.4. The number of nitrogens with zero attached hydrogens (tertiary/aromatic N) is 4. The number of ether oxygens (including phenoxy) is 1. The number of benzene rings is 1. The summed E-state index contributed by atoms with van der Waals surface area (Å²) >= 11 is 0. The van der Waals surface area contributed by atoms with Crippen LogP contribution in [-0.2, 0) is 13.6 Å². The van der Waals surface area contributed by atoms with Gasteiger partial charge < -0.3 is 15.4 Å². The van der Waals surface area contributed by atoms with E-state index in [9.17, 15) is 9.18 Å². The van der Waals surface area contributed by atoms with Gasteiger partial charge in [0.15, 0.2) is 11.6 Å². The van der Waals surface area contributed by atoms with Gasteiger partial charge in [-0.3, -0.25) is 9.48 Å². The minimum Gasteiger partial charge on any atom is -0.482 e. The highest BCUT2D eigenvalue weighted by Crippen LogP contribution is 2.46. The van der Waals surface area contributed by atoms with Crippen LogP contribution in [0, 0.1) is 5.82 Å². The van der Waals surface area contributed by atoms with Crippen molar-refractivity contribution >= 4 is 11.7 Å². The smallest absolute Gasteiger partial charge is 0.254 e. The number of amides is 1. The van der Waals surface area contributed by atoms with Crippen molar-refractivity contribution in [3.05, 3.63) is 58.8 Å². The Kier molecular flexibility index (Phi) is 4.46. The van der Waals surface area contributed by atoms with E-state index in [4.69, 9.17) is 15.6 Å². The summed E-state index contributed by atoms with van der Waals surface area (Å²) < 4.78 is 22.0. The fourth-order valence-electron chi connectivity index (χ4n) is 4.23. The van der Waals surface area contributed by atoms with Crippen LogP contribution in [0.2, 0.25) is 0 Å². The lowest BCUT2D eigenvalue weighted by Crippen LogP contribution is -2.29. The Morgan fingerprint density at radius 3 is 2.74 bits per heavy atom. The lowest BCUT2D eigenvalue weighted by molar-refractivity contribution is 0.0777. The lowest BCUT2D eigenvalue weighted by Gasteiger charge is -2.24. The normalized spacial score (nSPS) is 18.5. The number of fused-ring (bicyclic) bond motifs is 5. The zero-order valence-corrected chi connectivity index (χ0v) is 17.7. The maximum atomic E-state index is 14.1. The van der Waals surface area contributed by atoms with Gasteiger partial charge in [-0.2, -0.15) is 5.10 Å². The van der Waals surface area contributed by atoms with Gasteiger partial charge in [-0.1, -0.05) is 0 Å².